The first-order valence-corrected chi connectivity index (χ1v) is 6.24. The van der Waals surface area contributed by atoms with Gasteiger partial charge in [-0.05, 0) is 30.2 Å². The largest absolute Gasteiger partial charge is 0.378 e. The Hall–Kier alpha value is -1.44. The molecule has 96 valence electrons. The van der Waals surface area contributed by atoms with Crippen LogP contribution in [0.2, 0.25) is 0 Å². The average molecular weight is 248 g/mol. The first-order chi connectivity index (χ1) is 8.72. The number of morpholine rings is 1. The molecular formula is C14H17FN2O. The zero-order valence-corrected chi connectivity index (χ0v) is 10.5. The van der Waals surface area contributed by atoms with Crippen LogP contribution < -0.4 is 0 Å². The van der Waals surface area contributed by atoms with Crippen LogP contribution in [0.5, 0.6) is 0 Å². The quantitative estimate of drug-likeness (QED) is 0.823. The molecule has 0 radical (unpaired) electrons. The predicted octanol–water partition coefficient (Wildman–Crippen LogP) is 2.31. The summed E-state index contributed by atoms with van der Waals surface area (Å²) in [6.45, 7) is 5.11. The molecule has 2 rings (SSSR count). The van der Waals surface area contributed by atoms with Gasteiger partial charge in [0.15, 0.2) is 0 Å². The maximum absolute atomic E-state index is 13.4. The second kappa shape index (κ2) is 5.94. The summed E-state index contributed by atoms with van der Waals surface area (Å²) >= 11 is 0. The lowest BCUT2D eigenvalue weighted by Crippen LogP contribution is -2.44. The molecule has 0 aliphatic carbocycles. The van der Waals surface area contributed by atoms with Gasteiger partial charge in [-0.15, -0.1) is 0 Å². The second-order valence-corrected chi connectivity index (χ2v) is 4.57. The van der Waals surface area contributed by atoms with Crippen LogP contribution in [0.15, 0.2) is 18.2 Å². The number of hydrogen-bond donors (Lipinski definition) is 0. The van der Waals surface area contributed by atoms with Crippen molar-refractivity contribution in [1.29, 1.82) is 5.26 Å². The molecule has 1 aliphatic heterocycles. The first-order valence-electron chi connectivity index (χ1n) is 6.24. The van der Waals surface area contributed by atoms with Gasteiger partial charge in [0.1, 0.15) is 5.82 Å². The molecule has 1 atom stereocenters. The highest BCUT2D eigenvalue weighted by Crippen LogP contribution is 2.16. The summed E-state index contributed by atoms with van der Waals surface area (Å²) in [6, 6.07) is 6.89. The summed E-state index contributed by atoms with van der Waals surface area (Å²) in [6.07, 6.45) is 1.01. The maximum Gasteiger partial charge on any atom is 0.124 e. The van der Waals surface area contributed by atoms with Crippen LogP contribution in [0.4, 0.5) is 4.39 Å². The van der Waals surface area contributed by atoms with E-state index in [9.17, 15) is 4.39 Å². The van der Waals surface area contributed by atoms with Crippen molar-refractivity contribution in [2.24, 2.45) is 0 Å². The average Bonchev–Trinajstić information content (AvgIpc) is 2.38. The van der Waals surface area contributed by atoms with E-state index in [-0.39, 0.29) is 5.82 Å². The molecule has 0 bridgehead atoms. The lowest BCUT2D eigenvalue weighted by molar-refractivity contribution is -0.0127. The van der Waals surface area contributed by atoms with Crippen LogP contribution in [-0.2, 0) is 11.3 Å². The van der Waals surface area contributed by atoms with Crippen molar-refractivity contribution in [3.8, 4) is 6.07 Å². The van der Waals surface area contributed by atoms with E-state index in [1.165, 1.54) is 12.1 Å². The van der Waals surface area contributed by atoms with Crippen LogP contribution in [0.3, 0.4) is 0 Å². The van der Waals surface area contributed by atoms with E-state index in [1.54, 1.807) is 6.07 Å². The number of ether oxygens (including phenoxy) is 1. The zero-order chi connectivity index (χ0) is 13.0. The summed E-state index contributed by atoms with van der Waals surface area (Å²) in [5.41, 5.74) is 1.23. The molecule has 0 aromatic heterocycles. The van der Waals surface area contributed by atoms with Gasteiger partial charge >= 0.3 is 0 Å². The van der Waals surface area contributed by atoms with Crippen molar-refractivity contribution < 1.29 is 9.13 Å². The third-order valence-electron chi connectivity index (χ3n) is 3.29. The molecule has 0 N–H and O–H groups in total. The monoisotopic (exact) mass is 248 g/mol. The van der Waals surface area contributed by atoms with E-state index in [0.29, 0.717) is 18.2 Å². The van der Waals surface area contributed by atoms with E-state index < -0.39 is 0 Å². The highest BCUT2D eigenvalue weighted by Gasteiger charge is 2.21. The van der Waals surface area contributed by atoms with Gasteiger partial charge in [-0.1, -0.05) is 6.92 Å². The Kier molecular flexibility index (Phi) is 4.29. The molecule has 1 fully saturated rings. The Morgan fingerprint density at radius 3 is 3.06 bits per heavy atom. The van der Waals surface area contributed by atoms with Crippen molar-refractivity contribution in [3.63, 3.8) is 0 Å². The van der Waals surface area contributed by atoms with Crippen molar-refractivity contribution in [2.75, 3.05) is 19.8 Å². The molecule has 1 unspecified atom stereocenters. The number of nitrogens with zero attached hydrogens (tertiary/aromatic N) is 2. The van der Waals surface area contributed by atoms with Crippen molar-refractivity contribution in [1.82, 2.24) is 4.90 Å². The van der Waals surface area contributed by atoms with Gasteiger partial charge in [0.2, 0.25) is 0 Å². The van der Waals surface area contributed by atoms with Crippen LogP contribution in [0, 0.1) is 17.1 Å². The van der Waals surface area contributed by atoms with E-state index >= 15 is 0 Å². The highest BCUT2D eigenvalue weighted by atomic mass is 19.1. The molecular weight excluding hydrogens is 231 g/mol. The molecule has 0 spiro atoms. The van der Waals surface area contributed by atoms with Gasteiger partial charge < -0.3 is 4.74 Å². The summed E-state index contributed by atoms with van der Waals surface area (Å²) in [7, 11) is 0. The zero-order valence-electron chi connectivity index (χ0n) is 10.5. The summed E-state index contributed by atoms with van der Waals surface area (Å²) < 4.78 is 18.8. The number of rotatable bonds is 3. The molecule has 1 aromatic carbocycles. The van der Waals surface area contributed by atoms with Crippen LogP contribution >= 0.6 is 0 Å². The Balaban J connectivity index is 2.12. The normalized spacial score (nSPS) is 20.6. The lowest BCUT2D eigenvalue weighted by atomic mass is 10.1. The fraction of sp³-hybridized carbons (Fsp3) is 0.500. The number of halogens is 1. The smallest absolute Gasteiger partial charge is 0.124 e. The van der Waals surface area contributed by atoms with Gasteiger partial charge in [-0.25, -0.2) is 4.39 Å². The minimum Gasteiger partial charge on any atom is -0.378 e. The third kappa shape index (κ3) is 3.06. The fourth-order valence-electron chi connectivity index (χ4n) is 2.31. The summed E-state index contributed by atoms with van der Waals surface area (Å²) in [5, 5.41) is 8.84. The summed E-state index contributed by atoms with van der Waals surface area (Å²) in [5.74, 6) is -0.342. The molecule has 0 saturated carbocycles. The summed E-state index contributed by atoms with van der Waals surface area (Å²) in [4.78, 5) is 2.29. The van der Waals surface area contributed by atoms with Crippen molar-refractivity contribution in [2.45, 2.75) is 25.9 Å². The van der Waals surface area contributed by atoms with Crippen molar-refractivity contribution in [3.05, 3.63) is 35.1 Å². The van der Waals surface area contributed by atoms with Crippen LogP contribution in [0.1, 0.15) is 24.5 Å². The van der Waals surface area contributed by atoms with E-state index in [4.69, 9.17) is 10.00 Å². The Morgan fingerprint density at radius 1 is 1.50 bits per heavy atom. The molecule has 1 heterocycles. The fourth-order valence-corrected chi connectivity index (χ4v) is 2.31. The lowest BCUT2D eigenvalue weighted by Gasteiger charge is -2.35. The number of hydrogen-bond acceptors (Lipinski definition) is 3. The van der Waals surface area contributed by atoms with Gasteiger partial charge in [0.25, 0.3) is 0 Å². The molecule has 3 nitrogen and oxygen atoms in total. The Morgan fingerprint density at radius 2 is 2.33 bits per heavy atom. The Bertz CT molecular complexity index is 456. The van der Waals surface area contributed by atoms with Gasteiger partial charge in [-0.2, -0.15) is 5.26 Å². The molecule has 1 saturated heterocycles. The van der Waals surface area contributed by atoms with Gasteiger partial charge in [-0.3, -0.25) is 4.90 Å². The standard InChI is InChI=1S/C14H17FN2O/c1-2-14-10-18-4-3-17(14)9-12-5-11(8-16)6-13(15)7-12/h5-7,14H,2-4,9-10H2,1H3. The van der Waals surface area contributed by atoms with E-state index in [1.807, 2.05) is 6.07 Å². The van der Waals surface area contributed by atoms with Gasteiger partial charge in [0, 0.05) is 19.1 Å². The van der Waals surface area contributed by atoms with Crippen LogP contribution in [0.25, 0.3) is 0 Å². The first kappa shape index (κ1) is 13.0. The van der Waals surface area contributed by atoms with Gasteiger partial charge in [0.05, 0.1) is 24.8 Å². The molecule has 4 heteroatoms. The van der Waals surface area contributed by atoms with E-state index in [2.05, 4.69) is 11.8 Å². The molecule has 0 amide bonds. The predicted molar refractivity (Wildman–Crippen MR) is 66.4 cm³/mol. The second-order valence-electron chi connectivity index (χ2n) is 4.57. The third-order valence-corrected chi connectivity index (χ3v) is 3.29. The van der Waals surface area contributed by atoms with E-state index in [0.717, 1.165) is 31.7 Å². The minimum absolute atomic E-state index is 0.342. The molecule has 18 heavy (non-hydrogen) atoms. The maximum atomic E-state index is 13.4. The SMILES string of the molecule is CCC1COCCN1Cc1cc(F)cc(C#N)c1. The Labute approximate surface area is 107 Å². The van der Waals surface area contributed by atoms with Crippen LogP contribution in [-0.4, -0.2) is 30.7 Å². The number of nitriles is 1. The molecule has 1 aliphatic rings. The minimum atomic E-state index is -0.342. The molecule has 1 aromatic rings. The topological polar surface area (TPSA) is 36.3 Å². The van der Waals surface area contributed by atoms with Crippen molar-refractivity contribution >= 4 is 0 Å². The highest BCUT2D eigenvalue weighted by molar-refractivity contribution is 5.33. The number of benzene rings is 1.